The van der Waals surface area contributed by atoms with Crippen LogP contribution in [0.3, 0.4) is 0 Å². The molecule has 0 saturated heterocycles. The first-order chi connectivity index (χ1) is 15.9. The topological polar surface area (TPSA) is 83.8 Å². The van der Waals surface area contributed by atoms with Crippen molar-refractivity contribution in [3.05, 3.63) is 35.5 Å². The van der Waals surface area contributed by atoms with Gasteiger partial charge in [-0.05, 0) is 56.1 Å². The van der Waals surface area contributed by atoms with E-state index in [4.69, 9.17) is 9.84 Å². The lowest BCUT2D eigenvalue weighted by Gasteiger charge is -2.62. The van der Waals surface area contributed by atoms with Gasteiger partial charge < -0.3 is 14.9 Å². The molecular weight excluding hydrogens is 442 g/mol. The van der Waals surface area contributed by atoms with Gasteiger partial charge in [-0.2, -0.15) is 0 Å². The molecule has 4 aliphatic carbocycles. The van der Waals surface area contributed by atoms with Crippen LogP contribution in [-0.4, -0.2) is 52.6 Å². The normalized spacial score (nSPS) is 45.8. The molecule has 0 amide bonds. The molecule has 9 atom stereocenters. The van der Waals surface area contributed by atoms with Gasteiger partial charge in [0.05, 0.1) is 12.7 Å². The van der Waals surface area contributed by atoms with E-state index in [9.17, 15) is 14.7 Å². The van der Waals surface area contributed by atoms with Gasteiger partial charge in [0.15, 0.2) is 11.5 Å². The molecule has 0 aliphatic heterocycles. The van der Waals surface area contributed by atoms with Crippen molar-refractivity contribution in [3.8, 4) is 0 Å². The average molecular weight is 479 g/mol. The first-order valence-electron chi connectivity index (χ1n) is 12.4. The summed E-state index contributed by atoms with van der Waals surface area (Å²) in [5.74, 6) is -1.79. The van der Waals surface area contributed by atoms with Crippen molar-refractivity contribution in [2.45, 2.75) is 83.8 Å². The van der Waals surface area contributed by atoms with E-state index in [1.807, 2.05) is 13.8 Å². The zero-order valence-corrected chi connectivity index (χ0v) is 20.4. The highest BCUT2D eigenvalue weighted by atomic mass is 19.1. The van der Waals surface area contributed by atoms with E-state index < -0.39 is 40.8 Å². The number of hydrogen-bond donors (Lipinski definition) is 2. The fourth-order valence-corrected chi connectivity index (χ4v) is 7.62. The van der Waals surface area contributed by atoms with Crippen molar-refractivity contribution in [3.63, 3.8) is 0 Å². The van der Waals surface area contributed by atoms with Crippen LogP contribution in [0.25, 0.3) is 0 Å². The van der Waals surface area contributed by atoms with Crippen LogP contribution in [0.1, 0.15) is 59.8 Å². The maximum atomic E-state index is 17.4. The summed E-state index contributed by atoms with van der Waals surface area (Å²) in [6.45, 7) is 7.04. The van der Waals surface area contributed by atoms with Crippen molar-refractivity contribution >= 4 is 11.8 Å². The van der Waals surface area contributed by atoms with E-state index in [0.29, 0.717) is 12.0 Å². The number of allylic oxidation sites excluding steroid dienone is 5. The smallest absolute Gasteiger partial charge is 0.305 e. The highest BCUT2D eigenvalue weighted by Crippen LogP contribution is 2.69. The zero-order valence-electron chi connectivity index (χ0n) is 20.4. The van der Waals surface area contributed by atoms with Gasteiger partial charge in [-0.25, -0.2) is 8.78 Å². The molecule has 5 nitrogen and oxygen atoms in total. The maximum Gasteiger partial charge on any atom is 0.305 e. The Kier molecular flexibility index (Phi) is 6.43. The largest absolute Gasteiger partial charge is 0.461 e. The number of rotatable bonds is 5. The first kappa shape index (κ1) is 25.2. The summed E-state index contributed by atoms with van der Waals surface area (Å²) in [5.41, 5.74) is -3.89. The molecule has 7 heteroatoms. The highest BCUT2D eigenvalue weighted by molar-refractivity contribution is 6.06. The third-order valence-corrected chi connectivity index (χ3v) is 9.20. The van der Waals surface area contributed by atoms with Crippen LogP contribution in [-0.2, 0) is 14.3 Å². The third kappa shape index (κ3) is 3.45. The van der Waals surface area contributed by atoms with Gasteiger partial charge in [0.1, 0.15) is 12.3 Å². The summed E-state index contributed by atoms with van der Waals surface area (Å²) in [4.78, 5) is 24.8. The molecule has 0 unspecified atom stereocenters. The van der Waals surface area contributed by atoms with Crippen molar-refractivity contribution in [2.24, 2.45) is 28.6 Å². The summed E-state index contributed by atoms with van der Waals surface area (Å²) in [7, 11) is 0. The van der Waals surface area contributed by atoms with Crippen LogP contribution in [0.4, 0.5) is 8.78 Å². The van der Waals surface area contributed by atoms with Crippen LogP contribution >= 0.6 is 0 Å². The summed E-state index contributed by atoms with van der Waals surface area (Å²) in [6.07, 6.45) is 3.47. The molecule has 2 N–H and O–H groups in total. The molecule has 0 spiro atoms. The summed E-state index contributed by atoms with van der Waals surface area (Å²) in [6, 6.07) is 0. The number of halogens is 2. The van der Waals surface area contributed by atoms with E-state index in [-0.39, 0.29) is 61.5 Å². The molecule has 0 bridgehead atoms. The van der Waals surface area contributed by atoms with Crippen molar-refractivity contribution in [1.82, 2.24) is 0 Å². The number of aliphatic hydroxyl groups excluding tert-OH is 2. The lowest BCUT2D eigenvalue weighted by atomic mass is 9.45. The van der Waals surface area contributed by atoms with Gasteiger partial charge in [0, 0.05) is 28.7 Å². The molecular formula is C27H36F2O5. The second kappa shape index (κ2) is 8.66. The molecule has 3 saturated carbocycles. The minimum Gasteiger partial charge on any atom is -0.461 e. The number of carbonyl (C=O) groups excluding carboxylic acids is 2. The molecule has 0 aromatic rings. The Hall–Kier alpha value is -1.86. The van der Waals surface area contributed by atoms with Crippen molar-refractivity contribution in [1.29, 1.82) is 0 Å². The Morgan fingerprint density at radius 3 is 2.62 bits per heavy atom. The predicted octanol–water partition coefficient (Wildman–Crippen LogP) is 4.18. The molecule has 0 aromatic heterocycles. The SMILES string of the molecule is CCC(=O)O[C@H]1[C@H](C)C[C@H]2[C@@H]3C[C@H](F)C4=CC(=O)C(C/C=C\CO)=C[C@]4(C)[C@@]3(F)[C@@H](O)C[C@@]21C. The van der Waals surface area contributed by atoms with Crippen molar-refractivity contribution < 1.29 is 33.3 Å². The first-order valence-corrected chi connectivity index (χ1v) is 12.4. The maximum absolute atomic E-state index is 17.4. The number of fused-ring (bicyclic) bond motifs is 5. The Morgan fingerprint density at radius 2 is 1.97 bits per heavy atom. The standard InChI is InChI=1S/C27H36F2O5/c1-5-23(33)34-24-15(2)10-17-18-11-20(28)19-12-21(31)16(8-6-7-9-30)13-26(19,4)27(18,29)22(32)14-25(17,24)3/h6-7,12-13,15,17-18,20,22,24,30,32H,5,8-11,14H2,1-4H3/b7-6-/t15-,17+,18+,20+,22+,24+,25+,26+,27+/m1/s1. The second-order valence-electron chi connectivity index (χ2n) is 11.1. The molecule has 4 aliphatic rings. The molecule has 0 radical (unpaired) electrons. The Bertz CT molecular complexity index is 957. The van der Waals surface area contributed by atoms with E-state index in [0.717, 1.165) is 0 Å². The van der Waals surface area contributed by atoms with Gasteiger partial charge in [0.2, 0.25) is 0 Å². The number of alkyl halides is 2. The van der Waals surface area contributed by atoms with Crippen LogP contribution in [0.2, 0.25) is 0 Å². The number of ketones is 1. The highest BCUT2D eigenvalue weighted by Gasteiger charge is 2.73. The van der Waals surface area contributed by atoms with Crippen molar-refractivity contribution in [2.75, 3.05) is 6.61 Å². The third-order valence-electron chi connectivity index (χ3n) is 9.20. The number of ether oxygens (including phenoxy) is 1. The van der Waals surface area contributed by atoms with Crippen LogP contribution < -0.4 is 0 Å². The number of carbonyl (C=O) groups is 2. The van der Waals surface area contributed by atoms with Gasteiger partial charge in [-0.1, -0.05) is 39.0 Å². The summed E-state index contributed by atoms with van der Waals surface area (Å²) in [5, 5.41) is 20.4. The van der Waals surface area contributed by atoms with E-state index in [1.54, 1.807) is 19.9 Å². The van der Waals surface area contributed by atoms with E-state index in [2.05, 4.69) is 0 Å². The summed E-state index contributed by atoms with van der Waals surface area (Å²) < 4.78 is 38.8. The van der Waals surface area contributed by atoms with E-state index in [1.165, 1.54) is 18.2 Å². The minimum absolute atomic E-state index is 0.0366. The minimum atomic E-state index is -2.17. The number of hydrogen-bond acceptors (Lipinski definition) is 5. The van der Waals surface area contributed by atoms with Crippen LogP contribution in [0.5, 0.6) is 0 Å². The molecule has 0 heterocycles. The van der Waals surface area contributed by atoms with E-state index >= 15 is 8.78 Å². The molecule has 0 aromatic carbocycles. The van der Waals surface area contributed by atoms with Gasteiger partial charge in [-0.3, -0.25) is 9.59 Å². The van der Waals surface area contributed by atoms with Crippen LogP contribution in [0.15, 0.2) is 35.5 Å². The lowest BCUT2D eigenvalue weighted by Crippen LogP contribution is -2.68. The van der Waals surface area contributed by atoms with Gasteiger partial charge >= 0.3 is 5.97 Å². The Balaban J connectivity index is 1.77. The fourth-order valence-electron chi connectivity index (χ4n) is 7.62. The molecule has 4 rings (SSSR count). The Labute approximate surface area is 199 Å². The number of esters is 1. The molecule has 188 valence electrons. The zero-order chi connectivity index (χ0) is 25.1. The number of aliphatic hydroxyl groups is 2. The predicted molar refractivity (Wildman–Crippen MR) is 123 cm³/mol. The second-order valence-corrected chi connectivity index (χ2v) is 11.1. The molecule has 34 heavy (non-hydrogen) atoms. The summed E-state index contributed by atoms with van der Waals surface area (Å²) >= 11 is 0. The van der Waals surface area contributed by atoms with Gasteiger partial charge in [0.25, 0.3) is 0 Å². The Morgan fingerprint density at radius 1 is 1.26 bits per heavy atom. The average Bonchev–Trinajstić information content (AvgIpc) is 3.02. The molecule has 3 fully saturated rings. The quantitative estimate of drug-likeness (QED) is 0.458. The monoisotopic (exact) mass is 478 g/mol. The van der Waals surface area contributed by atoms with Crippen LogP contribution in [0, 0.1) is 28.6 Å². The lowest BCUT2D eigenvalue weighted by molar-refractivity contribution is -0.212. The van der Waals surface area contributed by atoms with Gasteiger partial charge in [-0.15, -0.1) is 0 Å². The fraction of sp³-hybridized carbons (Fsp3) is 0.704.